The molecule has 7 nitrogen and oxygen atoms in total. The molecule has 0 saturated carbocycles. The third-order valence-corrected chi connectivity index (χ3v) is 2.06. The van der Waals surface area contributed by atoms with E-state index in [1.807, 2.05) is 0 Å². The average Bonchev–Trinajstić information content (AvgIpc) is 2.29. The summed E-state index contributed by atoms with van der Waals surface area (Å²) in [6, 6.07) is 0. The summed E-state index contributed by atoms with van der Waals surface area (Å²) in [6.07, 6.45) is -4.30. The Morgan fingerprint density at radius 1 is 1.50 bits per heavy atom. The zero-order valence-electron chi connectivity index (χ0n) is 10.4. The second kappa shape index (κ2) is 5.72. The highest BCUT2D eigenvalue weighted by molar-refractivity contribution is 5.96. The summed E-state index contributed by atoms with van der Waals surface area (Å²) < 4.78 is 45.1. The topological polar surface area (TPSA) is 91.6 Å². The molecule has 0 aliphatic heterocycles. The number of esters is 1. The third-order valence-electron chi connectivity index (χ3n) is 2.06. The molecule has 1 rings (SSSR count). The van der Waals surface area contributed by atoms with Gasteiger partial charge in [-0.05, 0) is 23.8 Å². The molecule has 0 bridgehead atoms. The van der Waals surface area contributed by atoms with Crippen molar-refractivity contribution >= 4 is 11.8 Å². The number of nitro groups is 1. The van der Waals surface area contributed by atoms with E-state index < -0.39 is 34.4 Å². The number of ether oxygens (including phenoxy) is 2. The summed E-state index contributed by atoms with van der Waals surface area (Å²) in [7, 11) is 0. The highest BCUT2D eigenvalue weighted by Gasteiger charge is 2.38. The number of hydrogen-bond acceptors (Lipinski definition) is 6. The molecule has 1 heterocycles. The van der Waals surface area contributed by atoms with Gasteiger partial charge in [-0.15, -0.1) is 13.2 Å². The fraction of sp³-hybridized carbons (Fsp3) is 0.400. The van der Waals surface area contributed by atoms with E-state index in [1.54, 1.807) is 0 Å². The Kier molecular flexibility index (Phi) is 4.48. The third kappa shape index (κ3) is 3.56. The van der Waals surface area contributed by atoms with Crippen LogP contribution < -0.4 is 4.74 Å². The molecule has 0 unspecified atom stereocenters. The zero-order chi connectivity index (χ0) is 15.5. The van der Waals surface area contributed by atoms with Gasteiger partial charge in [0.2, 0.25) is 0 Å². The first-order chi connectivity index (χ1) is 9.17. The van der Waals surface area contributed by atoms with E-state index in [0.717, 1.165) is 6.20 Å². The molecule has 0 N–H and O–H groups in total. The van der Waals surface area contributed by atoms with Crippen molar-refractivity contribution in [3.63, 3.8) is 0 Å². The molecule has 10 heteroatoms. The van der Waals surface area contributed by atoms with Crippen LogP contribution in [-0.2, 0) is 4.74 Å². The number of carbonyl (C=O) groups is 1. The maximum atomic E-state index is 12.3. The van der Waals surface area contributed by atoms with Crippen LogP contribution in [0.4, 0.5) is 19.0 Å². The summed E-state index contributed by atoms with van der Waals surface area (Å²) in [5, 5.41) is 10.8. The van der Waals surface area contributed by atoms with Crippen LogP contribution in [0.1, 0.15) is 22.8 Å². The Hall–Kier alpha value is -2.39. The van der Waals surface area contributed by atoms with Crippen LogP contribution in [0.2, 0.25) is 0 Å². The number of aromatic nitrogens is 1. The van der Waals surface area contributed by atoms with Crippen molar-refractivity contribution in [3.05, 3.63) is 27.4 Å². The van der Waals surface area contributed by atoms with Crippen molar-refractivity contribution < 1.29 is 32.4 Å². The second-order valence-corrected chi connectivity index (χ2v) is 3.49. The van der Waals surface area contributed by atoms with Gasteiger partial charge in [-0.2, -0.15) is 0 Å². The van der Waals surface area contributed by atoms with E-state index in [4.69, 9.17) is 0 Å². The number of aryl methyl sites for hydroxylation is 1. The molecular formula is C10H9F3N2O5. The van der Waals surface area contributed by atoms with Gasteiger partial charge in [0.1, 0.15) is 6.20 Å². The van der Waals surface area contributed by atoms with E-state index in [9.17, 15) is 28.1 Å². The Morgan fingerprint density at radius 3 is 2.55 bits per heavy atom. The molecule has 0 aliphatic rings. The Bertz CT molecular complexity index is 544. The van der Waals surface area contributed by atoms with Gasteiger partial charge in [-0.1, -0.05) is 0 Å². The fourth-order valence-electron chi connectivity index (χ4n) is 1.35. The predicted molar refractivity (Wildman–Crippen MR) is 58.3 cm³/mol. The quantitative estimate of drug-likeness (QED) is 0.481. The standard InChI is InChI=1S/C10H9F3N2O5/c1-3-19-9(16)6-7(20-10(11,12)13)5(2)4-14-8(6)15(17)18/h4H,3H2,1-2H3. The van der Waals surface area contributed by atoms with Gasteiger partial charge in [-0.25, -0.2) is 4.79 Å². The number of carbonyl (C=O) groups excluding carboxylic acids is 1. The molecule has 0 saturated heterocycles. The molecule has 0 spiro atoms. The minimum Gasteiger partial charge on any atom is -0.462 e. The maximum Gasteiger partial charge on any atom is 0.573 e. The summed E-state index contributed by atoms with van der Waals surface area (Å²) in [5.41, 5.74) is -1.15. The highest BCUT2D eigenvalue weighted by atomic mass is 19.4. The summed E-state index contributed by atoms with van der Waals surface area (Å²) >= 11 is 0. The van der Waals surface area contributed by atoms with Gasteiger partial charge in [-0.3, -0.25) is 0 Å². The number of alkyl halides is 3. The normalized spacial score (nSPS) is 11.1. The van der Waals surface area contributed by atoms with Crippen molar-refractivity contribution in [2.24, 2.45) is 0 Å². The molecule has 0 radical (unpaired) electrons. The van der Waals surface area contributed by atoms with Crippen molar-refractivity contribution in [2.45, 2.75) is 20.2 Å². The summed E-state index contributed by atoms with van der Waals surface area (Å²) in [5.74, 6) is -3.36. The van der Waals surface area contributed by atoms with E-state index in [-0.39, 0.29) is 12.2 Å². The van der Waals surface area contributed by atoms with Crippen LogP contribution in [0.15, 0.2) is 6.20 Å². The van der Waals surface area contributed by atoms with Crippen LogP contribution in [0.5, 0.6) is 5.75 Å². The van der Waals surface area contributed by atoms with Gasteiger partial charge in [0.05, 0.1) is 6.61 Å². The van der Waals surface area contributed by atoms with Crippen LogP contribution in [0.3, 0.4) is 0 Å². The van der Waals surface area contributed by atoms with Gasteiger partial charge in [0.15, 0.2) is 11.3 Å². The first kappa shape index (κ1) is 15.7. The van der Waals surface area contributed by atoms with E-state index in [0.29, 0.717) is 0 Å². The Labute approximate surface area is 110 Å². The highest BCUT2D eigenvalue weighted by Crippen LogP contribution is 2.34. The second-order valence-electron chi connectivity index (χ2n) is 3.49. The Morgan fingerprint density at radius 2 is 2.10 bits per heavy atom. The van der Waals surface area contributed by atoms with Gasteiger partial charge in [0.25, 0.3) is 0 Å². The average molecular weight is 294 g/mol. The van der Waals surface area contributed by atoms with Crippen molar-refractivity contribution in [1.82, 2.24) is 4.98 Å². The summed E-state index contributed by atoms with van der Waals surface area (Å²) in [6.45, 7) is 2.40. The van der Waals surface area contributed by atoms with Crippen LogP contribution in [0, 0.1) is 17.0 Å². The van der Waals surface area contributed by atoms with E-state index >= 15 is 0 Å². The predicted octanol–water partition coefficient (Wildman–Crippen LogP) is 2.37. The molecule has 20 heavy (non-hydrogen) atoms. The van der Waals surface area contributed by atoms with Crippen LogP contribution in [-0.4, -0.2) is 28.8 Å². The number of nitrogens with zero attached hydrogens (tertiary/aromatic N) is 2. The maximum absolute atomic E-state index is 12.3. The molecule has 0 atom stereocenters. The lowest BCUT2D eigenvalue weighted by molar-refractivity contribution is -0.390. The lowest BCUT2D eigenvalue weighted by Gasteiger charge is -2.13. The lowest BCUT2D eigenvalue weighted by atomic mass is 10.1. The van der Waals surface area contributed by atoms with Gasteiger partial charge >= 0.3 is 18.1 Å². The number of hydrogen-bond donors (Lipinski definition) is 0. The van der Waals surface area contributed by atoms with Crippen molar-refractivity contribution in [2.75, 3.05) is 6.61 Å². The largest absolute Gasteiger partial charge is 0.573 e. The van der Waals surface area contributed by atoms with Crippen LogP contribution >= 0.6 is 0 Å². The molecule has 1 aromatic rings. The smallest absolute Gasteiger partial charge is 0.462 e. The first-order valence-electron chi connectivity index (χ1n) is 5.24. The van der Waals surface area contributed by atoms with Crippen molar-refractivity contribution in [1.29, 1.82) is 0 Å². The number of pyridine rings is 1. The fourth-order valence-corrected chi connectivity index (χ4v) is 1.35. The van der Waals surface area contributed by atoms with Gasteiger partial charge in [0, 0.05) is 5.56 Å². The molecule has 0 fully saturated rings. The minimum absolute atomic E-state index is 0.171. The van der Waals surface area contributed by atoms with Crippen LogP contribution in [0.25, 0.3) is 0 Å². The molecule has 0 aliphatic carbocycles. The molecule has 0 amide bonds. The van der Waals surface area contributed by atoms with Gasteiger partial charge < -0.3 is 19.6 Å². The first-order valence-corrected chi connectivity index (χ1v) is 5.24. The monoisotopic (exact) mass is 294 g/mol. The molecule has 110 valence electrons. The lowest BCUT2D eigenvalue weighted by Crippen LogP contribution is -2.21. The SMILES string of the molecule is CCOC(=O)c1c([N+](=O)[O-])ncc(C)c1OC(F)(F)F. The number of rotatable bonds is 4. The molecular weight excluding hydrogens is 285 g/mol. The molecule has 0 aromatic carbocycles. The number of halogens is 3. The summed E-state index contributed by atoms with van der Waals surface area (Å²) in [4.78, 5) is 24.6. The minimum atomic E-state index is -5.11. The van der Waals surface area contributed by atoms with E-state index in [1.165, 1.54) is 13.8 Å². The van der Waals surface area contributed by atoms with Crippen molar-refractivity contribution in [3.8, 4) is 5.75 Å². The molecule has 1 aromatic heterocycles. The zero-order valence-corrected chi connectivity index (χ0v) is 10.4. The Balaban J connectivity index is 3.49. The van der Waals surface area contributed by atoms with E-state index in [2.05, 4.69) is 14.5 Å².